The number of amides is 1. The Bertz CT molecular complexity index is 626. The van der Waals surface area contributed by atoms with Gasteiger partial charge in [0.1, 0.15) is 5.76 Å². The van der Waals surface area contributed by atoms with Crippen molar-refractivity contribution in [3.8, 4) is 0 Å². The van der Waals surface area contributed by atoms with Gasteiger partial charge in [0, 0.05) is 10.0 Å². The summed E-state index contributed by atoms with van der Waals surface area (Å²) in [4.78, 5) is 12.0. The van der Waals surface area contributed by atoms with Gasteiger partial charge >= 0.3 is 0 Å². The predicted octanol–water partition coefficient (Wildman–Crippen LogP) is 3.16. The lowest BCUT2D eigenvalue weighted by molar-refractivity contribution is 0.0976. The van der Waals surface area contributed by atoms with Crippen LogP contribution in [0.5, 0.6) is 0 Å². The van der Waals surface area contributed by atoms with Crippen molar-refractivity contribution in [2.24, 2.45) is 0 Å². The van der Waals surface area contributed by atoms with E-state index in [2.05, 4.69) is 26.6 Å². The molecular formula is C14H13BrN2O2S. The van der Waals surface area contributed by atoms with Crippen molar-refractivity contribution < 1.29 is 9.21 Å². The van der Waals surface area contributed by atoms with Gasteiger partial charge in [0.2, 0.25) is 0 Å². The number of hydrogen-bond acceptors (Lipinski definition) is 3. The van der Waals surface area contributed by atoms with Crippen molar-refractivity contribution in [1.29, 1.82) is 0 Å². The molecule has 0 fully saturated rings. The van der Waals surface area contributed by atoms with Crippen LogP contribution in [0.15, 0.2) is 45.5 Å². The number of carbonyl (C=O) groups excluding carboxylic acids is 1. The number of aryl methyl sites for hydroxylation is 1. The molecule has 0 atom stereocenters. The fourth-order valence-corrected chi connectivity index (χ4v) is 2.08. The molecule has 1 heterocycles. The quantitative estimate of drug-likeness (QED) is 0.833. The molecule has 4 nitrogen and oxygen atoms in total. The lowest BCUT2D eigenvalue weighted by Crippen LogP contribution is -2.38. The molecule has 104 valence electrons. The van der Waals surface area contributed by atoms with Gasteiger partial charge in [-0.3, -0.25) is 10.1 Å². The summed E-state index contributed by atoms with van der Waals surface area (Å²) in [5, 5.41) is 5.80. The predicted molar refractivity (Wildman–Crippen MR) is 84.5 cm³/mol. The molecule has 0 spiro atoms. The van der Waals surface area contributed by atoms with Gasteiger partial charge in [-0.2, -0.15) is 0 Å². The van der Waals surface area contributed by atoms with Gasteiger partial charge in [-0.1, -0.05) is 22.0 Å². The monoisotopic (exact) mass is 352 g/mol. The van der Waals surface area contributed by atoms with Crippen molar-refractivity contribution in [2.45, 2.75) is 13.5 Å². The molecular weight excluding hydrogens is 340 g/mol. The maximum Gasteiger partial charge on any atom is 0.257 e. The molecule has 0 radical (unpaired) electrons. The number of furan rings is 1. The van der Waals surface area contributed by atoms with Crippen LogP contribution >= 0.6 is 28.1 Å². The zero-order valence-corrected chi connectivity index (χ0v) is 13.2. The van der Waals surface area contributed by atoms with E-state index in [-0.39, 0.29) is 11.0 Å². The molecule has 1 amide bonds. The van der Waals surface area contributed by atoms with Gasteiger partial charge < -0.3 is 9.73 Å². The first kappa shape index (κ1) is 14.7. The molecule has 0 saturated carbocycles. The lowest BCUT2D eigenvalue weighted by atomic mass is 10.1. The normalized spacial score (nSPS) is 10.1. The number of benzene rings is 1. The molecule has 0 unspecified atom stereocenters. The number of hydrogen-bond donors (Lipinski definition) is 2. The van der Waals surface area contributed by atoms with Crippen LogP contribution in [0.4, 0.5) is 0 Å². The van der Waals surface area contributed by atoms with Crippen molar-refractivity contribution in [1.82, 2.24) is 10.6 Å². The highest BCUT2D eigenvalue weighted by atomic mass is 79.9. The van der Waals surface area contributed by atoms with E-state index in [1.807, 2.05) is 19.1 Å². The summed E-state index contributed by atoms with van der Waals surface area (Å²) >= 11 is 8.46. The second-order valence-electron chi connectivity index (χ2n) is 4.18. The van der Waals surface area contributed by atoms with Gasteiger partial charge in [0.05, 0.1) is 12.8 Å². The largest absolute Gasteiger partial charge is 0.467 e. The molecule has 2 rings (SSSR count). The Balaban J connectivity index is 1.90. The summed E-state index contributed by atoms with van der Waals surface area (Å²) in [6.45, 7) is 2.39. The van der Waals surface area contributed by atoms with Gasteiger partial charge in [0.15, 0.2) is 5.11 Å². The maximum absolute atomic E-state index is 12.0. The molecule has 0 aliphatic carbocycles. The van der Waals surface area contributed by atoms with E-state index >= 15 is 0 Å². The zero-order chi connectivity index (χ0) is 14.5. The first-order chi connectivity index (χ1) is 9.56. The standard InChI is InChI=1S/C14H13BrN2O2S/c1-9-4-5-10(7-12(9)15)13(18)17-14(20)16-8-11-3-2-6-19-11/h2-7H,8H2,1H3,(H2,16,17,18,20). The molecule has 2 N–H and O–H groups in total. The number of rotatable bonds is 3. The minimum Gasteiger partial charge on any atom is -0.467 e. The number of carbonyl (C=O) groups is 1. The third kappa shape index (κ3) is 3.91. The first-order valence-electron chi connectivity index (χ1n) is 5.94. The minimum atomic E-state index is -0.248. The van der Waals surface area contributed by atoms with Crippen LogP contribution in [-0.2, 0) is 6.54 Å². The second-order valence-corrected chi connectivity index (χ2v) is 5.44. The van der Waals surface area contributed by atoms with Crippen LogP contribution in [0.3, 0.4) is 0 Å². The fourth-order valence-electron chi connectivity index (χ4n) is 1.53. The maximum atomic E-state index is 12.0. The molecule has 1 aromatic heterocycles. The molecule has 20 heavy (non-hydrogen) atoms. The van der Waals surface area contributed by atoms with E-state index in [0.29, 0.717) is 12.1 Å². The Morgan fingerprint density at radius 1 is 1.40 bits per heavy atom. The van der Waals surface area contributed by atoms with Crippen LogP contribution in [0.2, 0.25) is 0 Å². The van der Waals surface area contributed by atoms with Gasteiger partial charge in [-0.15, -0.1) is 0 Å². The van der Waals surface area contributed by atoms with Gasteiger partial charge in [0.25, 0.3) is 5.91 Å². The van der Waals surface area contributed by atoms with E-state index in [1.54, 1.807) is 24.5 Å². The highest BCUT2D eigenvalue weighted by molar-refractivity contribution is 9.10. The van der Waals surface area contributed by atoms with E-state index < -0.39 is 0 Å². The number of thiocarbonyl (C=S) groups is 1. The summed E-state index contributed by atoms with van der Waals surface area (Å²) in [6.07, 6.45) is 1.59. The van der Waals surface area contributed by atoms with Crippen LogP contribution < -0.4 is 10.6 Å². The molecule has 6 heteroatoms. The van der Waals surface area contributed by atoms with Crippen molar-refractivity contribution in [3.05, 3.63) is 58.0 Å². The summed E-state index contributed by atoms with van der Waals surface area (Å²) in [5.41, 5.74) is 1.62. The zero-order valence-electron chi connectivity index (χ0n) is 10.8. The Hall–Kier alpha value is -1.66. The molecule has 0 aliphatic heterocycles. The van der Waals surface area contributed by atoms with Gasteiger partial charge in [-0.25, -0.2) is 0 Å². The first-order valence-corrected chi connectivity index (χ1v) is 7.14. The van der Waals surface area contributed by atoms with Crippen molar-refractivity contribution >= 4 is 39.2 Å². The third-order valence-electron chi connectivity index (χ3n) is 2.66. The van der Waals surface area contributed by atoms with E-state index in [4.69, 9.17) is 16.6 Å². The van der Waals surface area contributed by atoms with E-state index in [1.165, 1.54) is 0 Å². The average molecular weight is 353 g/mol. The second kappa shape index (κ2) is 6.67. The van der Waals surface area contributed by atoms with Crippen molar-refractivity contribution in [3.63, 3.8) is 0 Å². The molecule has 2 aromatic rings. The lowest BCUT2D eigenvalue weighted by Gasteiger charge is -2.09. The highest BCUT2D eigenvalue weighted by Gasteiger charge is 2.09. The minimum absolute atomic E-state index is 0.248. The molecule has 0 aliphatic rings. The summed E-state index contributed by atoms with van der Waals surface area (Å²) in [6, 6.07) is 9.01. The number of halogens is 1. The molecule has 1 aromatic carbocycles. The molecule has 0 bridgehead atoms. The summed E-state index contributed by atoms with van der Waals surface area (Å²) < 4.78 is 6.05. The summed E-state index contributed by atoms with van der Waals surface area (Å²) in [5.74, 6) is 0.502. The van der Waals surface area contributed by atoms with Crippen molar-refractivity contribution in [2.75, 3.05) is 0 Å². The Kier molecular flexibility index (Phi) is 4.92. The topological polar surface area (TPSA) is 54.3 Å². The number of nitrogens with one attached hydrogen (secondary N) is 2. The summed E-state index contributed by atoms with van der Waals surface area (Å²) in [7, 11) is 0. The van der Waals surface area contributed by atoms with Crippen LogP contribution in [-0.4, -0.2) is 11.0 Å². The fraction of sp³-hybridized carbons (Fsp3) is 0.143. The van der Waals surface area contributed by atoms with E-state index in [0.717, 1.165) is 15.8 Å². The van der Waals surface area contributed by atoms with Crippen LogP contribution in [0.1, 0.15) is 21.7 Å². The average Bonchev–Trinajstić information content (AvgIpc) is 2.92. The Labute approximate surface area is 130 Å². The van der Waals surface area contributed by atoms with E-state index in [9.17, 15) is 4.79 Å². The van der Waals surface area contributed by atoms with Gasteiger partial charge in [-0.05, 0) is 49.0 Å². The third-order valence-corrected chi connectivity index (χ3v) is 3.77. The van der Waals surface area contributed by atoms with Crippen LogP contribution in [0, 0.1) is 6.92 Å². The highest BCUT2D eigenvalue weighted by Crippen LogP contribution is 2.17. The Morgan fingerprint density at radius 3 is 2.85 bits per heavy atom. The SMILES string of the molecule is Cc1ccc(C(=O)NC(=S)NCc2ccco2)cc1Br. The van der Waals surface area contributed by atoms with Crippen LogP contribution in [0.25, 0.3) is 0 Å². The molecule has 0 saturated heterocycles. The smallest absolute Gasteiger partial charge is 0.257 e. The Morgan fingerprint density at radius 2 is 2.20 bits per heavy atom.